The SMILES string of the molecule is CN=C(NCCOC)NCc1cccc(C(N)=O)c1.I. The first kappa shape index (κ1) is 18.7. The minimum atomic E-state index is -0.426. The predicted octanol–water partition coefficient (Wildman–Crippen LogP) is 0.715. The number of hydrogen-bond donors (Lipinski definition) is 3. The molecule has 0 aliphatic carbocycles. The van der Waals surface area contributed by atoms with Gasteiger partial charge < -0.3 is 21.1 Å². The van der Waals surface area contributed by atoms with E-state index in [4.69, 9.17) is 10.5 Å². The van der Waals surface area contributed by atoms with Crippen molar-refractivity contribution < 1.29 is 9.53 Å². The summed E-state index contributed by atoms with van der Waals surface area (Å²) in [5.74, 6) is 0.256. The van der Waals surface area contributed by atoms with Gasteiger partial charge in [-0.25, -0.2) is 0 Å². The molecular weight excluding hydrogens is 371 g/mol. The number of methoxy groups -OCH3 is 1. The van der Waals surface area contributed by atoms with Gasteiger partial charge in [-0.3, -0.25) is 9.79 Å². The number of nitrogens with one attached hydrogen (secondary N) is 2. The van der Waals surface area contributed by atoms with Crippen LogP contribution >= 0.6 is 24.0 Å². The predicted molar refractivity (Wildman–Crippen MR) is 90.5 cm³/mol. The highest BCUT2D eigenvalue weighted by Gasteiger charge is 2.02. The smallest absolute Gasteiger partial charge is 0.248 e. The van der Waals surface area contributed by atoms with E-state index in [0.717, 1.165) is 5.56 Å². The normalized spacial score (nSPS) is 10.6. The van der Waals surface area contributed by atoms with Crippen LogP contribution < -0.4 is 16.4 Å². The molecule has 1 aromatic carbocycles. The number of halogens is 1. The maximum Gasteiger partial charge on any atom is 0.248 e. The summed E-state index contributed by atoms with van der Waals surface area (Å²) >= 11 is 0. The molecule has 0 bridgehead atoms. The number of benzene rings is 1. The lowest BCUT2D eigenvalue weighted by Gasteiger charge is -2.11. The number of nitrogens with zero attached hydrogens (tertiary/aromatic N) is 1. The van der Waals surface area contributed by atoms with Crippen molar-refractivity contribution in [1.82, 2.24) is 10.6 Å². The third kappa shape index (κ3) is 6.71. The van der Waals surface area contributed by atoms with Crippen molar-refractivity contribution in [3.63, 3.8) is 0 Å². The molecule has 0 aliphatic rings. The standard InChI is InChI=1S/C13H20N4O2.HI/c1-15-13(16-6-7-19-2)17-9-10-4-3-5-11(8-10)12(14)18;/h3-5,8H,6-7,9H2,1-2H3,(H2,14,18)(H2,15,16,17);1H. The Hall–Kier alpha value is -1.35. The minimum absolute atomic E-state index is 0. The summed E-state index contributed by atoms with van der Waals surface area (Å²) in [5.41, 5.74) is 6.70. The van der Waals surface area contributed by atoms with Crippen LogP contribution in [-0.2, 0) is 11.3 Å². The van der Waals surface area contributed by atoms with Crippen LogP contribution in [0.5, 0.6) is 0 Å². The number of carbonyl (C=O) groups is 1. The second kappa shape index (κ2) is 10.4. The summed E-state index contributed by atoms with van der Waals surface area (Å²) < 4.78 is 4.94. The molecule has 0 saturated heterocycles. The molecule has 20 heavy (non-hydrogen) atoms. The van der Waals surface area contributed by atoms with Gasteiger partial charge in [0, 0.05) is 32.8 Å². The van der Waals surface area contributed by atoms with Crippen molar-refractivity contribution in [2.75, 3.05) is 27.3 Å². The maximum atomic E-state index is 11.1. The molecule has 112 valence electrons. The van der Waals surface area contributed by atoms with Gasteiger partial charge >= 0.3 is 0 Å². The Morgan fingerprint density at radius 2 is 2.15 bits per heavy atom. The molecule has 0 spiro atoms. The van der Waals surface area contributed by atoms with Gasteiger partial charge in [-0.15, -0.1) is 24.0 Å². The number of aliphatic imine (C=N–C) groups is 1. The van der Waals surface area contributed by atoms with Gasteiger partial charge in [0.1, 0.15) is 0 Å². The number of hydrogen-bond acceptors (Lipinski definition) is 3. The van der Waals surface area contributed by atoms with E-state index in [-0.39, 0.29) is 24.0 Å². The maximum absolute atomic E-state index is 11.1. The third-order valence-electron chi connectivity index (χ3n) is 2.49. The first-order chi connectivity index (χ1) is 9.17. The first-order valence-corrected chi connectivity index (χ1v) is 5.99. The highest BCUT2D eigenvalue weighted by Crippen LogP contribution is 2.04. The summed E-state index contributed by atoms with van der Waals surface area (Å²) in [4.78, 5) is 15.2. The van der Waals surface area contributed by atoms with E-state index < -0.39 is 5.91 Å². The van der Waals surface area contributed by atoms with E-state index in [1.807, 2.05) is 6.07 Å². The number of guanidine groups is 1. The molecule has 4 N–H and O–H groups in total. The van der Waals surface area contributed by atoms with Crippen LogP contribution in [0.25, 0.3) is 0 Å². The molecule has 0 saturated carbocycles. The van der Waals surface area contributed by atoms with E-state index in [0.29, 0.717) is 31.2 Å². The number of ether oxygens (including phenoxy) is 1. The van der Waals surface area contributed by atoms with Crippen molar-refractivity contribution in [2.24, 2.45) is 10.7 Å². The molecule has 0 radical (unpaired) electrons. The Kier molecular flexibility index (Phi) is 9.73. The molecule has 6 nitrogen and oxygen atoms in total. The molecular formula is C13H21IN4O2. The zero-order valence-corrected chi connectivity index (χ0v) is 14.0. The Morgan fingerprint density at radius 1 is 1.40 bits per heavy atom. The lowest BCUT2D eigenvalue weighted by molar-refractivity contribution is 0.1000. The average Bonchev–Trinajstić information content (AvgIpc) is 2.43. The van der Waals surface area contributed by atoms with Gasteiger partial charge in [-0.1, -0.05) is 12.1 Å². The number of nitrogens with two attached hydrogens (primary N) is 1. The van der Waals surface area contributed by atoms with Crippen LogP contribution in [-0.4, -0.2) is 39.2 Å². The van der Waals surface area contributed by atoms with Gasteiger partial charge in [0.2, 0.25) is 5.91 Å². The number of primary amides is 1. The molecule has 0 unspecified atom stereocenters. The highest BCUT2D eigenvalue weighted by molar-refractivity contribution is 14.0. The highest BCUT2D eigenvalue weighted by atomic mass is 127. The van der Waals surface area contributed by atoms with Crippen molar-refractivity contribution >= 4 is 35.8 Å². The summed E-state index contributed by atoms with van der Waals surface area (Å²) in [6.45, 7) is 1.85. The number of rotatable bonds is 6. The van der Waals surface area contributed by atoms with Crippen LogP contribution in [0.4, 0.5) is 0 Å². The van der Waals surface area contributed by atoms with E-state index in [1.165, 1.54) is 0 Å². The molecule has 1 aromatic rings. The number of amides is 1. The third-order valence-corrected chi connectivity index (χ3v) is 2.49. The quantitative estimate of drug-likeness (QED) is 0.288. The zero-order valence-electron chi connectivity index (χ0n) is 11.7. The second-order valence-electron chi connectivity index (χ2n) is 3.91. The van der Waals surface area contributed by atoms with E-state index in [1.54, 1.807) is 32.4 Å². The largest absolute Gasteiger partial charge is 0.383 e. The molecule has 0 atom stereocenters. The zero-order chi connectivity index (χ0) is 14.1. The van der Waals surface area contributed by atoms with Gasteiger partial charge in [-0.05, 0) is 17.7 Å². The molecule has 0 aliphatic heterocycles. The minimum Gasteiger partial charge on any atom is -0.383 e. The summed E-state index contributed by atoms with van der Waals surface area (Å²) in [7, 11) is 3.34. The van der Waals surface area contributed by atoms with Crippen LogP contribution in [0.2, 0.25) is 0 Å². The summed E-state index contributed by atoms with van der Waals surface area (Å²) in [5, 5.41) is 6.24. The summed E-state index contributed by atoms with van der Waals surface area (Å²) in [6, 6.07) is 7.18. The van der Waals surface area contributed by atoms with E-state index >= 15 is 0 Å². The van der Waals surface area contributed by atoms with E-state index in [9.17, 15) is 4.79 Å². The Balaban J connectivity index is 0.00000361. The monoisotopic (exact) mass is 392 g/mol. The van der Waals surface area contributed by atoms with Crippen LogP contribution in [0, 0.1) is 0 Å². The lowest BCUT2D eigenvalue weighted by atomic mass is 10.1. The Morgan fingerprint density at radius 3 is 2.75 bits per heavy atom. The molecule has 0 fully saturated rings. The molecule has 7 heteroatoms. The molecule has 0 heterocycles. The van der Waals surface area contributed by atoms with Crippen molar-refractivity contribution in [3.8, 4) is 0 Å². The second-order valence-corrected chi connectivity index (χ2v) is 3.91. The van der Waals surface area contributed by atoms with Gasteiger partial charge in [0.15, 0.2) is 5.96 Å². The fourth-order valence-corrected chi connectivity index (χ4v) is 1.51. The fraction of sp³-hybridized carbons (Fsp3) is 0.385. The van der Waals surface area contributed by atoms with Crippen LogP contribution in [0.15, 0.2) is 29.3 Å². The Labute approximate surface area is 136 Å². The van der Waals surface area contributed by atoms with Crippen molar-refractivity contribution in [2.45, 2.75) is 6.54 Å². The van der Waals surface area contributed by atoms with Crippen molar-refractivity contribution in [1.29, 1.82) is 0 Å². The fourth-order valence-electron chi connectivity index (χ4n) is 1.51. The number of carbonyl (C=O) groups excluding carboxylic acids is 1. The average molecular weight is 392 g/mol. The molecule has 0 aromatic heterocycles. The van der Waals surface area contributed by atoms with Gasteiger partial charge in [0.25, 0.3) is 0 Å². The van der Waals surface area contributed by atoms with Crippen LogP contribution in [0.1, 0.15) is 15.9 Å². The topological polar surface area (TPSA) is 88.7 Å². The van der Waals surface area contributed by atoms with E-state index in [2.05, 4.69) is 15.6 Å². The first-order valence-electron chi connectivity index (χ1n) is 5.99. The van der Waals surface area contributed by atoms with Gasteiger partial charge in [0.05, 0.1) is 6.61 Å². The Bertz CT molecular complexity index is 452. The van der Waals surface area contributed by atoms with Crippen LogP contribution in [0.3, 0.4) is 0 Å². The summed E-state index contributed by atoms with van der Waals surface area (Å²) in [6.07, 6.45) is 0. The molecule has 1 amide bonds. The van der Waals surface area contributed by atoms with Gasteiger partial charge in [-0.2, -0.15) is 0 Å². The lowest BCUT2D eigenvalue weighted by Crippen LogP contribution is -2.38. The van der Waals surface area contributed by atoms with Crippen molar-refractivity contribution in [3.05, 3.63) is 35.4 Å². The molecule has 1 rings (SSSR count).